The lowest BCUT2D eigenvalue weighted by Crippen LogP contribution is -2.53. The summed E-state index contributed by atoms with van der Waals surface area (Å²) < 4.78 is 34.5. The fourth-order valence-corrected chi connectivity index (χ4v) is 6.62. The summed E-state index contributed by atoms with van der Waals surface area (Å²) in [6, 6.07) is -1.20. The second-order valence-corrected chi connectivity index (χ2v) is 12.0. The van der Waals surface area contributed by atoms with Crippen LogP contribution in [0, 0.1) is 11.8 Å². The van der Waals surface area contributed by atoms with E-state index in [-0.39, 0.29) is 36.4 Å². The van der Waals surface area contributed by atoms with Crippen LogP contribution in [0.3, 0.4) is 0 Å². The van der Waals surface area contributed by atoms with E-state index in [9.17, 15) is 18.4 Å². The number of anilines is 1. The Bertz CT molecular complexity index is 913. The van der Waals surface area contributed by atoms with Crippen molar-refractivity contribution < 1.29 is 23.1 Å². The highest BCUT2D eigenvalue weighted by Gasteiger charge is 2.43. The highest BCUT2D eigenvalue weighted by molar-refractivity contribution is 7.15. The number of morpholine rings is 1. The summed E-state index contributed by atoms with van der Waals surface area (Å²) in [7, 11) is 0. The van der Waals surface area contributed by atoms with Crippen LogP contribution in [0.15, 0.2) is 6.20 Å². The minimum atomic E-state index is -2.93. The number of aromatic nitrogens is 1. The Morgan fingerprint density at radius 2 is 1.92 bits per heavy atom. The molecule has 1 aromatic heterocycles. The number of hydrogen-bond donors (Lipinski definition) is 2. The molecule has 3 fully saturated rings. The standard InChI is InChI=1S/C25H39F2N5O3S/c1-15-4-6-18(7-5-15)22(28)23(34)30-24-29-10-20(36-24)19(13-31-11-16(2)35-17(3)12-31)32-14-25(26,27)9-8-21(32)33/h10,15-19,22H,4-9,11-14,28H2,1-3H3,(H,29,30,34)/t15?,16-,17+,18?,19?,22-/m0/s1. The Labute approximate surface area is 215 Å². The third-order valence-electron chi connectivity index (χ3n) is 7.68. The van der Waals surface area contributed by atoms with Crippen LogP contribution in [-0.4, -0.2) is 76.9 Å². The SMILES string of the molecule is CC1CCC([C@H](N)C(=O)Nc2ncc(C(CN3C[C@@H](C)O[C@@H](C)C3)N3CC(F)(F)CCC3=O)s2)CC1. The number of nitrogens with two attached hydrogens (primary N) is 1. The number of nitrogens with one attached hydrogen (secondary N) is 1. The van der Waals surface area contributed by atoms with E-state index in [0.29, 0.717) is 35.6 Å². The van der Waals surface area contributed by atoms with Crippen molar-refractivity contribution >= 4 is 28.3 Å². The molecule has 8 nitrogen and oxygen atoms in total. The van der Waals surface area contributed by atoms with Crippen LogP contribution in [0.25, 0.3) is 0 Å². The predicted octanol–water partition coefficient (Wildman–Crippen LogP) is 3.64. The molecule has 3 aliphatic rings. The van der Waals surface area contributed by atoms with Crippen LogP contribution in [-0.2, 0) is 14.3 Å². The number of hydrogen-bond acceptors (Lipinski definition) is 7. The van der Waals surface area contributed by atoms with Crippen molar-refractivity contribution in [1.82, 2.24) is 14.8 Å². The zero-order chi connectivity index (χ0) is 26.0. The van der Waals surface area contributed by atoms with Gasteiger partial charge in [0.15, 0.2) is 5.13 Å². The first-order chi connectivity index (χ1) is 17.0. The van der Waals surface area contributed by atoms with E-state index in [1.807, 2.05) is 13.8 Å². The molecule has 4 rings (SSSR count). The lowest BCUT2D eigenvalue weighted by molar-refractivity contribution is -0.153. The molecule has 36 heavy (non-hydrogen) atoms. The topological polar surface area (TPSA) is 101 Å². The minimum Gasteiger partial charge on any atom is -0.373 e. The molecular formula is C25H39F2N5O3S. The average Bonchev–Trinajstić information content (AvgIpc) is 3.26. The van der Waals surface area contributed by atoms with Gasteiger partial charge < -0.3 is 20.7 Å². The lowest BCUT2D eigenvalue weighted by Gasteiger charge is -2.42. The Morgan fingerprint density at radius 1 is 1.25 bits per heavy atom. The molecule has 0 spiro atoms. The number of thiazole rings is 1. The van der Waals surface area contributed by atoms with Gasteiger partial charge in [0.2, 0.25) is 11.8 Å². The number of carbonyl (C=O) groups excluding carboxylic acids is 2. The molecule has 202 valence electrons. The van der Waals surface area contributed by atoms with E-state index in [1.54, 1.807) is 6.20 Å². The summed E-state index contributed by atoms with van der Waals surface area (Å²) in [5.74, 6) is -2.68. The van der Waals surface area contributed by atoms with Gasteiger partial charge in [0, 0.05) is 38.7 Å². The summed E-state index contributed by atoms with van der Waals surface area (Å²) in [6.07, 6.45) is 5.00. The molecule has 2 saturated heterocycles. The van der Waals surface area contributed by atoms with Crippen molar-refractivity contribution in [3.05, 3.63) is 11.1 Å². The van der Waals surface area contributed by atoms with Crippen LogP contribution in [0.2, 0.25) is 0 Å². The lowest BCUT2D eigenvalue weighted by atomic mass is 9.79. The summed E-state index contributed by atoms with van der Waals surface area (Å²) in [5, 5.41) is 3.21. The first-order valence-corrected chi connectivity index (χ1v) is 13.9. The number of alkyl halides is 2. The van der Waals surface area contributed by atoms with Gasteiger partial charge in [-0.15, -0.1) is 0 Å². The number of halogens is 2. The molecule has 1 aliphatic carbocycles. The molecule has 1 aromatic rings. The van der Waals surface area contributed by atoms with Crippen molar-refractivity contribution in [2.75, 3.05) is 31.5 Å². The first-order valence-electron chi connectivity index (χ1n) is 13.1. The maximum atomic E-state index is 14.4. The Balaban J connectivity index is 1.49. The molecule has 0 aromatic carbocycles. The van der Waals surface area contributed by atoms with E-state index < -0.39 is 31.0 Å². The maximum absolute atomic E-state index is 14.4. The van der Waals surface area contributed by atoms with E-state index >= 15 is 0 Å². The second-order valence-electron chi connectivity index (χ2n) is 11.0. The van der Waals surface area contributed by atoms with Gasteiger partial charge in [-0.3, -0.25) is 14.5 Å². The highest BCUT2D eigenvalue weighted by atomic mass is 32.1. The molecule has 4 atom stereocenters. The van der Waals surface area contributed by atoms with Gasteiger partial charge in [0.05, 0.1) is 35.7 Å². The average molecular weight is 528 g/mol. The zero-order valence-electron chi connectivity index (χ0n) is 21.4. The highest BCUT2D eigenvalue weighted by Crippen LogP contribution is 2.37. The quantitative estimate of drug-likeness (QED) is 0.562. The molecule has 2 amide bonds. The zero-order valence-corrected chi connectivity index (χ0v) is 22.2. The number of rotatable bonds is 7. The number of amides is 2. The Morgan fingerprint density at radius 3 is 2.58 bits per heavy atom. The van der Waals surface area contributed by atoms with Crippen LogP contribution in [0.5, 0.6) is 0 Å². The maximum Gasteiger partial charge on any atom is 0.265 e. The predicted molar refractivity (Wildman–Crippen MR) is 135 cm³/mol. The van der Waals surface area contributed by atoms with E-state index in [4.69, 9.17) is 10.5 Å². The first kappa shape index (κ1) is 27.3. The fourth-order valence-electron chi connectivity index (χ4n) is 5.70. The van der Waals surface area contributed by atoms with Crippen LogP contribution < -0.4 is 11.1 Å². The molecule has 0 bridgehead atoms. The van der Waals surface area contributed by atoms with Crippen molar-refractivity contribution in [3.63, 3.8) is 0 Å². The second kappa shape index (κ2) is 11.4. The number of nitrogens with zero attached hydrogens (tertiary/aromatic N) is 3. The minimum absolute atomic E-state index is 0.00784. The van der Waals surface area contributed by atoms with Crippen molar-refractivity contribution in [2.24, 2.45) is 17.6 Å². The van der Waals surface area contributed by atoms with Crippen molar-refractivity contribution in [1.29, 1.82) is 0 Å². The molecular weight excluding hydrogens is 488 g/mol. The monoisotopic (exact) mass is 527 g/mol. The van der Waals surface area contributed by atoms with Crippen molar-refractivity contribution in [3.8, 4) is 0 Å². The van der Waals surface area contributed by atoms with Gasteiger partial charge in [-0.2, -0.15) is 0 Å². The Kier molecular flexibility index (Phi) is 8.63. The van der Waals surface area contributed by atoms with E-state index in [1.165, 1.54) is 16.2 Å². The summed E-state index contributed by atoms with van der Waals surface area (Å²) >= 11 is 1.22. The number of likely N-dealkylation sites (tertiary alicyclic amines) is 1. The van der Waals surface area contributed by atoms with E-state index in [2.05, 4.69) is 22.1 Å². The Hall–Kier alpha value is -1.69. The molecule has 1 saturated carbocycles. The third kappa shape index (κ3) is 6.79. The number of ether oxygens (including phenoxy) is 1. The normalized spacial score (nSPS) is 31.2. The molecule has 2 aliphatic heterocycles. The third-order valence-corrected chi connectivity index (χ3v) is 8.70. The van der Waals surface area contributed by atoms with Gasteiger partial charge in [-0.25, -0.2) is 13.8 Å². The van der Waals surface area contributed by atoms with Gasteiger partial charge >= 0.3 is 0 Å². The van der Waals surface area contributed by atoms with Crippen LogP contribution >= 0.6 is 11.3 Å². The van der Waals surface area contributed by atoms with Gasteiger partial charge in [0.25, 0.3) is 5.92 Å². The van der Waals surface area contributed by atoms with Crippen LogP contribution in [0.4, 0.5) is 13.9 Å². The largest absolute Gasteiger partial charge is 0.373 e. The van der Waals surface area contributed by atoms with Gasteiger partial charge in [-0.1, -0.05) is 31.1 Å². The molecule has 11 heteroatoms. The molecule has 3 N–H and O–H groups in total. The molecule has 1 unspecified atom stereocenters. The van der Waals surface area contributed by atoms with Gasteiger partial charge in [-0.05, 0) is 38.5 Å². The van der Waals surface area contributed by atoms with Crippen molar-refractivity contribution in [2.45, 2.75) is 89.5 Å². The van der Waals surface area contributed by atoms with E-state index in [0.717, 1.165) is 25.7 Å². The smallest absolute Gasteiger partial charge is 0.265 e. The van der Waals surface area contributed by atoms with Crippen LogP contribution in [0.1, 0.15) is 70.2 Å². The molecule has 0 radical (unpaired) electrons. The molecule has 3 heterocycles. The number of piperidine rings is 1. The fraction of sp³-hybridized carbons (Fsp3) is 0.800. The van der Waals surface area contributed by atoms with Gasteiger partial charge in [0.1, 0.15) is 0 Å². The summed E-state index contributed by atoms with van der Waals surface area (Å²) in [5.41, 5.74) is 6.28. The number of carbonyl (C=O) groups is 2. The summed E-state index contributed by atoms with van der Waals surface area (Å²) in [6.45, 7) is 7.26. The summed E-state index contributed by atoms with van der Waals surface area (Å²) in [4.78, 5) is 34.1.